The van der Waals surface area contributed by atoms with Gasteiger partial charge in [0.05, 0.1) is 12.3 Å². The molecular weight excluding hydrogens is 232 g/mol. The topological polar surface area (TPSA) is 50.8 Å². The van der Waals surface area contributed by atoms with Gasteiger partial charge < -0.3 is 14.4 Å². The molecule has 0 saturated heterocycles. The second-order valence-electron chi connectivity index (χ2n) is 5.04. The molecule has 0 aromatic heterocycles. The molecular formula is C13H28N2O3. The predicted octanol–water partition coefficient (Wildman–Crippen LogP) is 1.58. The minimum Gasteiger partial charge on any atom is -0.350 e. The monoisotopic (exact) mass is 260 g/mol. The van der Waals surface area contributed by atoms with Crippen molar-refractivity contribution in [3.05, 3.63) is 0 Å². The van der Waals surface area contributed by atoms with E-state index in [-0.39, 0.29) is 18.3 Å². The van der Waals surface area contributed by atoms with Crippen LogP contribution in [0, 0.1) is 0 Å². The maximum atomic E-state index is 11.6. The van der Waals surface area contributed by atoms with Crippen molar-refractivity contribution in [2.75, 3.05) is 33.2 Å². The molecule has 18 heavy (non-hydrogen) atoms. The van der Waals surface area contributed by atoms with Crippen LogP contribution in [-0.2, 0) is 14.3 Å². The normalized spacial score (nSPS) is 11.6. The van der Waals surface area contributed by atoms with Gasteiger partial charge in [0.25, 0.3) is 0 Å². The zero-order valence-electron chi connectivity index (χ0n) is 12.4. The number of nitrogens with zero attached hydrogens (tertiary/aromatic N) is 1. The third-order valence-electron chi connectivity index (χ3n) is 2.41. The van der Waals surface area contributed by atoms with E-state index in [1.807, 2.05) is 39.5 Å². The lowest BCUT2D eigenvalue weighted by molar-refractivity contribution is -0.131. The Labute approximate surface area is 111 Å². The largest absolute Gasteiger partial charge is 0.350 e. The summed E-state index contributed by atoms with van der Waals surface area (Å²) in [5.41, 5.74) is -0.182. The van der Waals surface area contributed by atoms with Crippen molar-refractivity contribution in [2.24, 2.45) is 0 Å². The van der Waals surface area contributed by atoms with E-state index in [1.165, 1.54) is 0 Å². The van der Waals surface area contributed by atoms with Gasteiger partial charge >= 0.3 is 0 Å². The maximum Gasteiger partial charge on any atom is 0.223 e. The molecule has 0 saturated carbocycles. The van der Waals surface area contributed by atoms with Crippen LogP contribution in [0.1, 0.15) is 41.0 Å². The fourth-order valence-corrected chi connectivity index (χ4v) is 1.33. The average molecular weight is 260 g/mol. The van der Waals surface area contributed by atoms with Gasteiger partial charge in [-0.1, -0.05) is 0 Å². The first-order chi connectivity index (χ1) is 8.40. The molecule has 0 aliphatic heterocycles. The van der Waals surface area contributed by atoms with Crippen molar-refractivity contribution in [3.63, 3.8) is 0 Å². The van der Waals surface area contributed by atoms with Crippen LogP contribution in [0.15, 0.2) is 0 Å². The Bertz CT molecular complexity index is 223. The van der Waals surface area contributed by atoms with Gasteiger partial charge in [-0.25, -0.2) is 0 Å². The van der Waals surface area contributed by atoms with Crippen LogP contribution in [0.5, 0.6) is 0 Å². The van der Waals surface area contributed by atoms with Crippen molar-refractivity contribution >= 4 is 5.91 Å². The number of amides is 1. The van der Waals surface area contributed by atoms with E-state index in [0.717, 1.165) is 13.1 Å². The van der Waals surface area contributed by atoms with Crippen molar-refractivity contribution in [1.29, 1.82) is 0 Å². The van der Waals surface area contributed by atoms with Gasteiger partial charge in [0, 0.05) is 26.1 Å². The Morgan fingerprint density at radius 1 is 1.22 bits per heavy atom. The lowest BCUT2D eigenvalue weighted by Crippen LogP contribution is -2.33. The fourth-order valence-electron chi connectivity index (χ4n) is 1.33. The number of ether oxygens (including phenoxy) is 2. The molecule has 0 aliphatic rings. The van der Waals surface area contributed by atoms with E-state index in [9.17, 15) is 4.79 Å². The molecule has 0 unspecified atom stereocenters. The summed E-state index contributed by atoms with van der Waals surface area (Å²) in [7, 11) is 0. The van der Waals surface area contributed by atoms with Gasteiger partial charge in [0.15, 0.2) is 0 Å². The fraction of sp³-hybridized carbons (Fsp3) is 0.923. The quantitative estimate of drug-likeness (QED) is 0.505. The highest BCUT2D eigenvalue weighted by Crippen LogP contribution is 2.05. The minimum atomic E-state index is -0.182. The van der Waals surface area contributed by atoms with Crippen molar-refractivity contribution in [3.8, 4) is 0 Å². The average Bonchev–Trinajstić information content (AvgIpc) is 2.28. The summed E-state index contributed by atoms with van der Waals surface area (Å²) < 4.78 is 10.6. The molecule has 1 amide bonds. The van der Waals surface area contributed by atoms with E-state index in [4.69, 9.17) is 9.47 Å². The van der Waals surface area contributed by atoms with Crippen LogP contribution in [-0.4, -0.2) is 49.6 Å². The van der Waals surface area contributed by atoms with Crippen molar-refractivity contribution < 1.29 is 14.3 Å². The van der Waals surface area contributed by atoms with Crippen molar-refractivity contribution in [1.82, 2.24) is 10.2 Å². The first-order valence-electron chi connectivity index (χ1n) is 6.61. The smallest absolute Gasteiger partial charge is 0.223 e. The number of hydrogen-bond acceptors (Lipinski definition) is 4. The van der Waals surface area contributed by atoms with Crippen LogP contribution >= 0.6 is 0 Å². The summed E-state index contributed by atoms with van der Waals surface area (Å²) in [4.78, 5) is 13.5. The Morgan fingerprint density at radius 2 is 1.83 bits per heavy atom. The predicted molar refractivity (Wildman–Crippen MR) is 72.2 cm³/mol. The second kappa shape index (κ2) is 9.30. The lowest BCUT2D eigenvalue weighted by atomic mass is 10.2. The molecule has 0 atom stereocenters. The molecule has 0 aliphatic carbocycles. The van der Waals surface area contributed by atoms with Crippen LogP contribution in [0.25, 0.3) is 0 Å². The summed E-state index contributed by atoms with van der Waals surface area (Å²) in [5, 5.41) is 3.06. The molecule has 1 N–H and O–H groups in total. The van der Waals surface area contributed by atoms with E-state index in [1.54, 1.807) is 0 Å². The summed E-state index contributed by atoms with van der Waals surface area (Å²) in [5.74, 6) is 0.179. The summed E-state index contributed by atoms with van der Waals surface area (Å²) in [6.07, 6.45) is 0.505. The van der Waals surface area contributed by atoms with Crippen LogP contribution in [0.4, 0.5) is 0 Å². The van der Waals surface area contributed by atoms with E-state index in [2.05, 4.69) is 5.32 Å². The number of hydrogen-bond donors (Lipinski definition) is 1. The molecule has 0 spiro atoms. The molecule has 0 heterocycles. The van der Waals surface area contributed by atoms with Gasteiger partial charge in [-0.2, -0.15) is 0 Å². The molecule has 0 aromatic carbocycles. The Balaban J connectivity index is 3.43. The Hall–Kier alpha value is -0.650. The Kier molecular flexibility index (Phi) is 8.97. The summed E-state index contributed by atoms with van der Waals surface area (Å²) in [6, 6.07) is 0. The minimum absolute atomic E-state index is 0.179. The van der Waals surface area contributed by atoms with Gasteiger partial charge in [-0.05, 0) is 34.6 Å². The molecule has 0 bridgehead atoms. The zero-order valence-corrected chi connectivity index (χ0v) is 12.4. The SMILES string of the molecule is CCN(CC)C(=O)CCNCOCOC(C)(C)C. The van der Waals surface area contributed by atoms with E-state index in [0.29, 0.717) is 19.7 Å². The third-order valence-corrected chi connectivity index (χ3v) is 2.41. The van der Waals surface area contributed by atoms with Gasteiger partial charge in [-0.3, -0.25) is 10.1 Å². The zero-order chi connectivity index (χ0) is 14.0. The van der Waals surface area contributed by atoms with Crippen LogP contribution in [0.3, 0.4) is 0 Å². The van der Waals surface area contributed by atoms with Crippen LogP contribution in [0.2, 0.25) is 0 Å². The molecule has 0 radical (unpaired) electrons. The van der Waals surface area contributed by atoms with Crippen LogP contribution < -0.4 is 5.32 Å². The molecule has 5 nitrogen and oxygen atoms in total. The summed E-state index contributed by atoms with van der Waals surface area (Å²) >= 11 is 0. The first kappa shape index (κ1) is 17.4. The molecule has 108 valence electrons. The summed E-state index contributed by atoms with van der Waals surface area (Å²) in [6.45, 7) is 12.7. The molecule has 0 fully saturated rings. The third kappa shape index (κ3) is 9.39. The second-order valence-corrected chi connectivity index (χ2v) is 5.04. The number of carbonyl (C=O) groups excluding carboxylic acids is 1. The van der Waals surface area contributed by atoms with E-state index < -0.39 is 0 Å². The highest BCUT2D eigenvalue weighted by Gasteiger charge is 2.09. The number of rotatable bonds is 9. The number of carbonyl (C=O) groups is 1. The molecule has 0 rings (SSSR count). The van der Waals surface area contributed by atoms with Gasteiger partial charge in [-0.15, -0.1) is 0 Å². The lowest BCUT2D eigenvalue weighted by Gasteiger charge is -2.20. The highest BCUT2D eigenvalue weighted by molar-refractivity contribution is 5.76. The maximum absolute atomic E-state index is 11.6. The Morgan fingerprint density at radius 3 is 2.33 bits per heavy atom. The molecule has 5 heteroatoms. The van der Waals surface area contributed by atoms with Gasteiger partial charge in [0.2, 0.25) is 5.91 Å². The van der Waals surface area contributed by atoms with Gasteiger partial charge in [0.1, 0.15) is 6.79 Å². The standard InChI is InChI=1S/C13H28N2O3/c1-6-15(7-2)12(16)8-9-14-10-17-11-18-13(3,4)5/h14H,6-11H2,1-5H3. The highest BCUT2D eigenvalue weighted by atomic mass is 16.7. The van der Waals surface area contributed by atoms with Crippen molar-refractivity contribution in [2.45, 2.75) is 46.6 Å². The first-order valence-corrected chi connectivity index (χ1v) is 6.61. The number of nitrogens with one attached hydrogen (secondary N) is 1. The molecule has 0 aromatic rings. The van der Waals surface area contributed by atoms with E-state index >= 15 is 0 Å².